The number of ether oxygens (including phenoxy) is 2. The summed E-state index contributed by atoms with van der Waals surface area (Å²) in [6.45, 7) is 3.24. The van der Waals surface area contributed by atoms with Crippen molar-refractivity contribution < 1.29 is 19.4 Å². The first-order valence-electron chi connectivity index (χ1n) is 8.30. The highest BCUT2D eigenvalue weighted by atomic mass is 16.6. The normalized spacial score (nSPS) is 23.0. The van der Waals surface area contributed by atoms with E-state index >= 15 is 0 Å². The Morgan fingerprint density at radius 2 is 2.38 bits per heavy atom. The van der Waals surface area contributed by atoms with Crippen LogP contribution in [0.2, 0.25) is 0 Å². The zero-order chi connectivity index (χ0) is 18.8. The summed E-state index contributed by atoms with van der Waals surface area (Å²) in [4.78, 5) is 34.9. The predicted octanol–water partition coefficient (Wildman–Crippen LogP) is -0.705. The van der Waals surface area contributed by atoms with Gasteiger partial charge in [0.05, 0.1) is 25.8 Å². The Kier molecular flexibility index (Phi) is 5.32. The van der Waals surface area contributed by atoms with Crippen LogP contribution in [0.3, 0.4) is 0 Å². The molecule has 0 bridgehead atoms. The van der Waals surface area contributed by atoms with Gasteiger partial charge in [0.15, 0.2) is 11.2 Å². The second-order valence-electron chi connectivity index (χ2n) is 6.30. The van der Waals surface area contributed by atoms with Crippen molar-refractivity contribution in [2.24, 2.45) is 11.7 Å². The van der Waals surface area contributed by atoms with E-state index < -0.39 is 17.9 Å². The Morgan fingerprint density at radius 3 is 3.04 bits per heavy atom. The van der Waals surface area contributed by atoms with E-state index in [0.29, 0.717) is 6.42 Å². The molecule has 1 aliphatic heterocycles. The van der Waals surface area contributed by atoms with Gasteiger partial charge in [-0.3, -0.25) is 24.5 Å². The quantitative estimate of drug-likeness (QED) is 0.488. The summed E-state index contributed by atoms with van der Waals surface area (Å²) >= 11 is 0. The fraction of sp³-hybridized carbons (Fsp3) is 0.600. The van der Waals surface area contributed by atoms with Crippen LogP contribution in [0.15, 0.2) is 11.1 Å². The van der Waals surface area contributed by atoms with E-state index in [1.165, 1.54) is 6.33 Å². The second-order valence-corrected chi connectivity index (χ2v) is 6.30. The van der Waals surface area contributed by atoms with Crippen molar-refractivity contribution in [3.8, 4) is 0 Å². The minimum atomic E-state index is -0.539. The summed E-state index contributed by atoms with van der Waals surface area (Å²) in [5.74, 6) is -0.500. The molecule has 2 aromatic rings. The molecule has 2 aromatic heterocycles. The lowest BCUT2D eigenvalue weighted by atomic mass is 10.2. The summed E-state index contributed by atoms with van der Waals surface area (Å²) in [5, 5.41) is 12.0. The first-order valence-corrected chi connectivity index (χ1v) is 8.30. The van der Waals surface area contributed by atoms with Crippen molar-refractivity contribution in [1.29, 1.82) is 0 Å². The number of hydrogen-bond donors (Lipinski definition) is 4. The van der Waals surface area contributed by atoms with Crippen LogP contribution in [0.25, 0.3) is 11.2 Å². The number of aliphatic hydroxyl groups is 1. The highest BCUT2D eigenvalue weighted by Gasteiger charge is 2.37. The monoisotopic (exact) mass is 366 g/mol. The third kappa shape index (κ3) is 3.46. The summed E-state index contributed by atoms with van der Waals surface area (Å²) < 4.78 is 12.7. The van der Waals surface area contributed by atoms with Crippen molar-refractivity contribution in [1.82, 2.24) is 19.5 Å². The van der Waals surface area contributed by atoms with E-state index in [1.54, 1.807) is 18.4 Å². The van der Waals surface area contributed by atoms with Crippen LogP contribution in [-0.4, -0.2) is 56.1 Å². The van der Waals surface area contributed by atoms with E-state index in [4.69, 9.17) is 15.2 Å². The van der Waals surface area contributed by atoms with Crippen molar-refractivity contribution in [3.05, 3.63) is 16.7 Å². The molecular formula is C15H22N6O5. The van der Waals surface area contributed by atoms with Crippen LogP contribution in [0.4, 0.5) is 5.95 Å². The topological polar surface area (TPSA) is 157 Å². The SMILES string of the molecule is CC(C)C(=O)Nc1nc2c(ncn2[C@H]2C[C@@H](OCN)C(CO)O2)c(=O)[nH]1. The number of imidazole rings is 1. The van der Waals surface area contributed by atoms with Gasteiger partial charge < -0.3 is 20.3 Å². The second kappa shape index (κ2) is 7.50. The first kappa shape index (κ1) is 18.5. The van der Waals surface area contributed by atoms with Crippen molar-refractivity contribution >= 4 is 23.0 Å². The lowest BCUT2D eigenvalue weighted by molar-refractivity contribution is -0.118. The Bertz CT molecular complexity index is 847. The van der Waals surface area contributed by atoms with Gasteiger partial charge in [-0.15, -0.1) is 0 Å². The van der Waals surface area contributed by atoms with Gasteiger partial charge in [0, 0.05) is 12.3 Å². The molecule has 1 amide bonds. The lowest BCUT2D eigenvalue weighted by Crippen LogP contribution is -2.29. The maximum absolute atomic E-state index is 12.2. The van der Waals surface area contributed by atoms with Crippen LogP contribution in [0.1, 0.15) is 26.5 Å². The number of aromatic nitrogens is 4. The Hall–Kier alpha value is -2.34. The molecule has 26 heavy (non-hydrogen) atoms. The molecule has 142 valence electrons. The maximum atomic E-state index is 12.2. The van der Waals surface area contributed by atoms with Crippen molar-refractivity contribution in [2.45, 2.75) is 38.7 Å². The fourth-order valence-electron chi connectivity index (χ4n) is 2.79. The number of hydrogen-bond acceptors (Lipinski definition) is 8. The van der Waals surface area contributed by atoms with E-state index in [9.17, 15) is 14.7 Å². The number of H-pyrrole nitrogens is 1. The number of anilines is 1. The van der Waals surface area contributed by atoms with E-state index in [1.807, 2.05) is 0 Å². The van der Waals surface area contributed by atoms with Crippen molar-refractivity contribution in [2.75, 3.05) is 18.7 Å². The number of nitrogens with one attached hydrogen (secondary N) is 2. The summed E-state index contributed by atoms with van der Waals surface area (Å²) in [6, 6.07) is 0. The third-order valence-corrected chi connectivity index (χ3v) is 4.18. The van der Waals surface area contributed by atoms with E-state index in [2.05, 4.69) is 20.3 Å². The largest absolute Gasteiger partial charge is 0.394 e. The summed E-state index contributed by atoms with van der Waals surface area (Å²) in [7, 11) is 0. The molecule has 0 aromatic carbocycles. The van der Waals surface area contributed by atoms with Gasteiger partial charge in [0.1, 0.15) is 12.3 Å². The summed E-state index contributed by atoms with van der Waals surface area (Å²) in [5.41, 5.74) is 5.33. The minimum absolute atomic E-state index is 0.00518. The molecule has 11 nitrogen and oxygen atoms in total. The van der Waals surface area contributed by atoms with E-state index in [-0.39, 0.29) is 48.4 Å². The summed E-state index contributed by atoms with van der Waals surface area (Å²) in [6.07, 6.45) is 0.398. The lowest BCUT2D eigenvalue weighted by Gasteiger charge is -2.15. The number of amides is 1. The highest BCUT2D eigenvalue weighted by molar-refractivity contribution is 5.91. The van der Waals surface area contributed by atoms with Crippen LogP contribution in [0.5, 0.6) is 0 Å². The Labute approximate surface area is 148 Å². The zero-order valence-electron chi connectivity index (χ0n) is 14.5. The molecule has 0 aliphatic carbocycles. The molecule has 0 spiro atoms. The van der Waals surface area contributed by atoms with Gasteiger partial charge in [-0.2, -0.15) is 4.98 Å². The van der Waals surface area contributed by atoms with Gasteiger partial charge in [0.25, 0.3) is 5.56 Å². The molecule has 3 atom stereocenters. The molecule has 1 saturated heterocycles. The standard InChI is InChI=1S/C15H22N6O5/c1-7(2)13(23)19-15-18-12-11(14(24)20-15)17-6-21(12)10-3-8(25-5-16)9(4-22)26-10/h6-10,22H,3-5,16H2,1-2H3,(H2,18,19,20,23,24)/t8-,9?,10-/m1/s1. The number of aliphatic hydroxyl groups excluding tert-OH is 1. The first-order chi connectivity index (χ1) is 12.4. The molecule has 3 heterocycles. The minimum Gasteiger partial charge on any atom is -0.394 e. The molecule has 1 aliphatic rings. The number of carbonyl (C=O) groups is 1. The predicted molar refractivity (Wildman–Crippen MR) is 91.2 cm³/mol. The number of carbonyl (C=O) groups excluding carboxylic acids is 1. The fourth-order valence-corrected chi connectivity index (χ4v) is 2.79. The van der Waals surface area contributed by atoms with Gasteiger partial charge in [-0.1, -0.05) is 13.8 Å². The molecule has 1 fully saturated rings. The molecule has 0 saturated carbocycles. The third-order valence-electron chi connectivity index (χ3n) is 4.18. The van der Waals surface area contributed by atoms with Crippen LogP contribution in [0, 0.1) is 5.92 Å². The number of aromatic amines is 1. The molecular weight excluding hydrogens is 344 g/mol. The number of nitrogens with two attached hydrogens (primary N) is 1. The van der Waals surface area contributed by atoms with Gasteiger partial charge in [-0.05, 0) is 0 Å². The molecule has 0 radical (unpaired) electrons. The smallest absolute Gasteiger partial charge is 0.280 e. The van der Waals surface area contributed by atoms with Crippen LogP contribution in [-0.2, 0) is 14.3 Å². The highest BCUT2D eigenvalue weighted by Crippen LogP contribution is 2.32. The molecule has 11 heteroatoms. The number of fused-ring (bicyclic) bond motifs is 1. The van der Waals surface area contributed by atoms with Crippen LogP contribution < -0.4 is 16.6 Å². The van der Waals surface area contributed by atoms with Crippen molar-refractivity contribution in [3.63, 3.8) is 0 Å². The Morgan fingerprint density at radius 1 is 1.62 bits per heavy atom. The number of rotatable bonds is 6. The maximum Gasteiger partial charge on any atom is 0.280 e. The molecule has 3 rings (SSSR count). The number of nitrogens with zero attached hydrogens (tertiary/aromatic N) is 3. The average molecular weight is 366 g/mol. The van der Waals surface area contributed by atoms with Gasteiger partial charge in [0.2, 0.25) is 11.9 Å². The van der Waals surface area contributed by atoms with Gasteiger partial charge in [-0.25, -0.2) is 4.98 Å². The molecule has 1 unspecified atom stereocenters. The zero-order valence-corrected chi connectivity index (χ0v) is 14.5. The van der Waals surface area contributed by atoms with Crippen LogP contribution >= 0.6 is 0 Å². The average Bonchev–Trinajstić information content (AvgIpc) is 3.19. The Balaban J connectivity index is 1.93. The van der Waals surface area contributed by atoms with E-state index in [0.717, 1.165) is 0 Å². The molecule has 5 N–H and O–H groups in total. The van der Waals surface area contributed by atoms with Gasteiger partial charge >= 0.3 is 0 Å².